The Balaban J connectivity index is 2.75. The van der Waals surface area contributed by atoms with Crippen molar-refractivity contribution in [1.29, 1.82) is 0 Å². The molecule has 0 saturated carbocycles. The second-order valence-corrected chi connectivity index (χ2v) is 2.69. The van der Waals surface area contributed by atoms with Gasteiger partial charge in [0.25, 0.3) is 0 Å². The Bertz CT molecular complexity index is 265. The Labute approximate surface area is 76.8 Å². The molecule has 13 heavy (non-hydrogen) atoms. The summed E-state index contributed by atoms with van der Waals surface area (Å²) in [6.45, 7) is -0.0433. The van der Waals surface area contributed by atoms with Crippen LogP contribution >= 0.6 is 0 Å². The van der Waals surface area contributed by atoms with Crippen LogP contribution in [0.15, 0.2) is 18.5 Å². The van der Waals surface area contributed by atoms with Gasteiger partial charge in [0.1, 0.15) is 5.75 Å². The average Bonchev–Trinajstić information content (AvgIpc) is 2.18. The average molecular weight is 183 g/mol. The molecule has 2 N–H and O–H groups in total. The van der Waals surface area contributed by atoms with E-state index < -0.39 is 6.10 Å². The van der Waals surface area contributed by atoms with Gasteiger partial charge in [-0.3, -0.25) is 4.98 Å². The minimum absolute atomic E-state index is 0.0433. The first-order valence-corrected chi connectivity index (χ1v) is 4.05. The molecule has 0 aliphatic carbocycles. The van der Waals surface area contributed by atoms with Gasteiger partial charge >= 0.3 is 0 Å². The Morgan fingerprint density at radius 1 is 1.54 bits per heavy atom. The molecule has 1 rings (SSSR count). The number of methoxy groups -OCH3 is 1. The molecule has 0 aliphatic rings. The van der Waals surface area contributed by atoms with Gasteiger partial charge in [0, 0.05) is 24.8 Å². The van der Waals surface area contributed by atoms with Gasteiger partial charge in [-0.15, -0.1) is 0 Å². The highest BCUT2D eigenvalue weighted by molar-refractivity contribution is 5.24. The molecule has 0 radical (unpaired) electrons. The van der Waals surface area contributed by atoms with E-state index in [9.17, 15) is 5.11 Å². The zero-order chi connectivity index (χ0) is 9.68. The topological polar surface area (TPSA) is 62.6 Å². The molecule has 0 saturated heterocycles. The number of aromatic nitrogens is 1. The van der Waals surface area contributed by atoms with Crippen LogP contribution in [0.1, 0.15) is 18.1 Å². The van der Waals surface area contributed by atoms with Crippen LogP contribution in [0, 0.1) is 0 Å². The van der Waals surface area contributed by atoms with Gasteiger partial charge in [-0.2, -0.15) is 0 Å². The van der Waals surface area contributed by atoms with Gasteiger partial charge < -0.3 is 14.9 Å². The molecule has 1 atom stereocenters. The predicted molar refractivity (Wildman–Crippen MR) is 47.5 cm³/mol. The van der Waals surface area contributed by atoms with Crippen molar-refractivity contribution in [2.24, 2.45) is 0 Å². The van der Waals surface area contributed by atoms with Crippen LogP contribution < -0.4 is 4.74 Å². The van der Waals surface area contributed by atoms with E-state index in [0.717, 1.165) is 0 Å². The molecular formula is C9H13NO3. The molecule has 1 unspecified atom stereocenters. The SMILES string of the molecule is COc1cncc(C(O)CCO)c1. The smallest absolute Gasteiger partial charge is 0.137 e. The van der Waals surface area contributed by atoms with Gasteiger partial charge in [-0.05, 0) is 6.07 Å². The summed E-state index contributed by atoms with van der Waals surface area (Å²) in [7, 11) is 1.54. The second-order valence-electron chi connectivity index (χ2n) is 2.69. The fourth-order valence-electron chi connectivity index (χ4n) is 1.02. The maximum absolute atomic E-state index is 9.48. The van der Waals surface area contributed by atoms with Crippen LogP contribution in [0.5, 0.6) is 5.75 Å². The highest BCUT2D eigenvalue weighted by atomic mass is 16.5. The molecule has 0 spiro atoms. The number of hydrogen-bond donors (Lipinski definition) is 2. The van der Waals surface area contributed by atoms with E-state index in [-0.39, 0.29) is 6.61 Å². The highest BCUT2D eigenvalue weighted by Gasteiger charge is 2.07. The van der Waals surface area contributed by atoms with Crippen molar-refractivity contribution in [2.75, 3.05) is 13.7 Å². The van der Waals surface area contributed by atoms with Gasteiger partial charge in [0.2, 0.25) is 0 Å². The van der Waals surface area contributed by atoms with Gasteiger partial charge in [-0.1, -0.05) is 0 Å². The summed E-state index contributed by atoms with van der Waals surface area (Å²) in [4.78, 5) is 3.89. The van der Waals surface area contributed by atoms with E-state index in [1.165, 1.54) is 0 Å². The standard InChI is InChI=1S/C9H13NO3/c1-13-8-4-7(5-10-6-8)9(12)2-3-11/h4-6,9,11-12H,2-3H2,1H3. The molecule has 1 heterocycles. The lowest BCUT2D eigenvalue weighted by Crippen LogP contribution is -2.01. The van der Waals surface area contributed by atoms with Gasteiger partial charge in [0.05, 0.1) is 19.4 Å². The van der Waals surface area contributed by atoms with E-state index >= 15 is 0 Å². The molecule has 0 fully saturated rings. The fourth-order valence-corrected chi connectivity index (χ4v) is 1.02. The Hall–Kier alpha value is -1.13. The van der Waals surface area contributed by atoms with Crippen molar-refractivity contribution in [1.82, 2.24) is 4.98 Å². The molecular weight excluding hydrogens is 170 g/mol. The summed E-state index contributed by atoms with van der Waals surface area (Å²) >= 11 is 0. The van der Waals surface area contributed by atoms with Crippen molar-refractivity contribution >= 4 is 0 Å². The number of nitrogens with zero attached hydrogens (tertiary/aromatic N) is 1. The van der Waals surface area contributed by atoms with Gasteiger partial charge in [-0.25, -0.2) is 0 Å². The molecule has 1 aromatic heterocycles. The van der Waals surface area contributed by atoms with Crippen LogP contribution in [0.4, 0.5) is 0 Å². The van der Waals surface area contributed by atoms with Crippen LogP contribution in [0.2, 0.25) is 0 Å². The van der Waals surface area contributed by atoms with Crippen LogP contribution in [0.3, 0.4) is 0 Å². The van der Waals surface area contributed by atoms with Crippen molar-refractivity contribution in [3.63, 3.8) is 0 Å². The zero-order valence-corrected chi connectivity index (χ0v) is 7.47. The summed E-state index contributed by atoms with van der Waals surface area (Å²) in [5.41, 5.74) is 0.661. The third-order valence-electron chi connectivity index (χ3n) is 1.76. The summed E-state index contributed by atoms with van der Waals surface area (Å²) < 4.78 is 4.95. The number of rotatable bonds is 4. The highest BCUT2D eigenvalue weighted by Crippen LogP contribution is 2.19. The van der Waals surface area contributed by atoms with Crippen molar-refractivity contribution < 1.29 is 14.9 Å². The Kier molecular flexibility index (Phi) is 3.67. The number of pyridine rings is 1. The fraction of sp³-hybridized carbons (Fsp3) is 0.444. The normalized spacial score (nSPS) is 12.5. The van der Waals surface area contributed by atoms with Crippen LogP contribution in [-0.4, -0.2) is 28.9 Å². The number of aliphatic hydroxyl groups excluding tert-OH is 2. The van der Waals surface area contributed by atoms with Crippen LogP contribution in [-0.2, 0) is 0 Å². The molecule has 1 aromatic rings. The lowest BCUT2D eigenvalue weighted by molar-refractivity contribution is 0.134. The maximum Gasteiger partial charge on any atom is 0.137 e. The third kappa shape index (κ3) is 2.68. The maximum atomic E-state index is 9.48. The van der Waals surface area contributed by atoms with E-state index in [1.54, 1.807) is 25.6 Å². The number of hydrogen-bond acceptors (Lipinski definition) is 4. The van der Waals surface area contributed by atoms with Crippen molar-refractivity contribution in [2.45, 2.75) is 12.5 Å². The van der Waals surface area contributed by atoms with E-state index in [2.05, 4.69) is 4.98 Å². The first-order valence-electron chi connectivity index (χ1n) is 4.05. The second kappa shape index (κ2) is 4.79. The molecule has 4 heteroatoms. The quantitative estimate of drug-likeness (QED) is 0.713. The lowest BCUT2D eigenvalue weighted by Gasteiger charge is -2.09. The monoisotopic (exact) mass is 183 g/mol. The summed E-state index contributed by atoms with van der Waals surface area (Å²) in [6.07, 6.45) is 2.76. The van der Waals surface area contributed by atoms with Crippen molar-refractivity contribution in [3.05, 3.63) is 24.0 Å². The molecule has 0 aromatic carbocycles. The predicted octanol–water partition coefficient (Wildman–Crippen LogP) is 0.506. The lowest BCUT2D eigenvalue weighted by atomic mass is 10.1. The minimum atomic E-state index is -0.674. The summed E-state index contributed by atoms with van der Waals surface area (Å²) in [5, 5.41) is 18.1. The minimum Gasteiger partial charge on any atom is -0.495 e. The molecule has 0 amide bonds. The molecule has 72 valence electrons. The summed E-state index contributed by atoms with van der Waals surface area (Å²) in [5.74, 6) is 0.606. The van der Waals surface area contributed by atoms with Crippen molar-refractivity contribution in [3.8, 4) is 5.75 Å². The van der Waals surface area contributed by atoms with E-state index in [0.29, 0.717) is 17.7 Å². The van der Waals surface area contributed by atoms with E-state index in [1.807, 2.05) is 0 Å². The number of aliphatic hydroxyl groups is 2. The largest absolute Gasteiger partial charge is 0.495 e. The number of ether oxygens (including phenoxy) is 1. The van der Waals surface area contributed by atoms with E-state index in [4.69, 9.17) is 9.84 Å². The molecule has 4 nitrogen and oxygen atoms in total. The Morgan fingerprint density at radius 3 is 2.92 bits per heavy atom. The first-order chi connectivity index (χ1) is 6.27. The molecule has 0 bridgehead atoms. The zero-order valence-electron chi connectivity index (χ0n) is 7.47. The van der Waals surface area contributed by atoms with Crippen LogP contribution in [0.25, 0.3) is 0 Å². The molecule has 0 aliphatic heterocycles. The van der Waals surface area contributed by atoms with Gasteiger partial charge in [0.15, 0.2) is 0 Å². The Morgan fingerprint density at radius 2 is 2.31 bits per heavy atom. The summed E-state index contributed by atoms with van der Waals surface area (Å²) in [6, 6.07) is 1.70. The first kappa shape index (κ1) is 9.95. The third-order valence-corrected chi connectivity index (χ3v) is 1.76.